The summed E-state index contributed by atoms with van der Waals surface area (Å²) in [6, 6.07) is 16.8. The normalized spacial score (nSPS) is 23.1. The van der Waals surface area contributed by atoms with E-state index in [0.717, 1.165) is 31.9 Å². The van der Waals surface area contributed by atoms with Crippen molar-refractivity contribution in [3.8, 4) is 5.75 Å². The first kappa shape index (κ1) is 21.7. The first-order valence-corrected chi connectivity index (χ1v) is 11.1. The van der Waals surface area contributed by atoms with Crippen LogP contribution in [0.3, 0.4) is 0 Å². The average Bonchev–Trinajstić information content (AvgIpc) is 3.30. The number of carbonyl (C=O) groups is 1. The molecule has 2 aromatic carbocycles. The van der Waals surface area contributed by atoms with Gasteiger partial charge in [0.25, 0.3) is 0 Å². The Labute approximate surface area is 185 Å². The number of urea groups is 1. The molecule has 4 rings (SSSR count). The molecule has 2 aliphatic heterocycles. The van der Waals surface area contributed by atoms with Crippen LogP contribution in [-0.4, -0.2) is 72.8 Å². The van der Waals surface area contributed by atoms with Gasteiger partial charge in [0.2, 0.25) is 0 Å². The standard InChI is InChI=1S/C25H33N3O3/c1-18-6-4-5-7-22(18)24-23-17-27(15-20(23)16-28(24)25(30)26(2)3)14-19-8-10-21(11-9-19)31-13-12-29/h4-11,20,23-24,29H,12-17H2,1-3H3/t20-,23-,24+/m1/s1. The molecule has 0 bridgehead atoms. The van der Waals surface area contributed by atoms with E-state index in [1.165, 1.54) is 16.7 Å². The lowest BCUT2D eigenvalue weighted by Gasteiger charge is -2.32. The first-order chi connectivity index (χ1) is 15.0. The molecule has 0 spiro atoms. The zero-order valence-corrected chi connectivity index (χ0v) is 18.7. The number of hydrogen-bond acceptors (Lipinski definition) is 4. The van der Waals surface area contributed by atoms with Crippen LogP contribution < -0.4 is 4.74 Å². The fraction of sp³-hybridized carbons (Fsp3) is 0.480. The molecular formula is C25H33N3O3. The van der Waals surface area contributed by atoms with E-state index in [-0.39, 0.29) is 18.7 Å². The van der Waals surface area contributed by atoms with Crippen LogP contribution in [0.25, 0.3) is 0 Å². The van der Waals surface area contributed by atoms with Crippen LogP contribution in [-0.2, 0) is 6.54 Å². The van der Waals surface area contributed by atoms with Crippen LogP contribution in [0.4, 0.5) is 4.79 Å². The Morgan fingerprint density at radius 2 is 1.84 bits per heavy atom. The maximum absolute atomic E-state index is 13.0. The molecule has 2 amide bonds. The molecule has 0 saturated carbocycles. The number of likely N-dealkylation sites (tertiary alicyclic amines) is 2. The van der Waals surface area contributed by atoms with Crippen LogP contribution >= 0.6 is 0 Å². The Hall–Kier alpha value is -2.57. The zero-order chi connectivity index (χ0) is 22.0. The molecule has 0 unspecified atom stereocenters. The maximum Gasteiger partial charge on any atom is 0.320 e. The van der Waals surface area contributed by atoms with Gasteiger partial charge in [0.15, 0.2) is 0 Å². The Balaban J connectivity index is 1.49. The summed E-state index contributed by atoms with van der Waals surface area (Å²) in [5, 5.41) is 8.90. The Kier molecular flexibility index (Phi) is 6.49. The first-order valence-electron chi connectivity index (χ1n) is 11.1. The summed E-state index contributed by atoms with van der Waals surface area (Å²) in [6.07, 6.45) is 0. The largest absolute Gasteiger partial charge is 0.491 e. The van der Waals surface area contributed by atoms with Crippen molar-refractivity contribution in [2.45, 2.75) is 19.5 Å². The third-order valence-electron chi connectivity index (χ3n) is 6.56. The van der Waals surface area contributed by atoms with Gasteiger partial charge in [-0.15, -0.1) is 0 Å². The highest BCUT2D eigenvalue weighted by molar-refractivity contribution is 5.75. The molecular weight excluding hydrogens is 390 g/mol. The molecule has 2 aromatic rings. The second-order valence-electron chi connectivity index (χ2n) is 8.96. The summed E-state index contributed by atoms with van der Waals surface area (Å²) >= 11 is 0. The molecule has 2 saturated heterocycles. The van der Waals surface area contributed by atoms with Crippen molar-refractivity contribution in [3.05, 3.63) is 65.2 Å². The molecule has 0 aromatic heterocycles. The van der Waals surface area contributed by atoms with Gasteiger partial charge >= 0.3 is 6.03 Å². The molecule has 0 aliphatic carbocycles. The van der Waals surface area contributed by atoms with Crippen LogP contribution in [0.2, 0.25) is 0 Å². The zero-order valence-electron chi connectivity index (χ0n) is 18.7. The predicted octanol–water partition coefficient (Wildman–Crippen LogP) is 3.15. The molecule has 2 fully saturated rings. The molecule has 0 radical (unpaired) electrons. The Morgan fingerprint density at radius 3 is 2.52 bits per heavy atom. The summed E-state index contributed by atoms with van der Waals surface area (Å²) in [6.45, 7) is 6.19. The monoisotopic (exact) mass is 423 g/mol. The van der Waals surface area contributed by atoms with Gasteiger partial charge in [-0.3, -0.25) is 4.90 Å². The maximum atomic E-state index is 13.0. The van der Waals surface area contributed by atoms with E-state index in [4.69, 9.17) is 9.84 Å². The van der Waals surface area contributed by atoms with Gasteiger partial charge < -0.3 is 19.6 Å². The van der Waals surface area contributed by atoms with Crippen LogP contribution in [0.5, 0.6) is 5.75 Å². The minimum absolute atomic E-state index is 0.0215. The average molecular weight is 424 g/mol. The number of ether oxygens (including phenoxy) is 1. The van der Waals surface area contributed by atoms with Crippen molar-refractivity contribution in [3.63, 3.8) is 0 Å². The van der Waals surface area contributed by atoms with Crippen molar-refractivity contribution in [1.82, 2.24) is 14.7 Å². The van der Waals surface area contributed by atoms with E-state index in [0.29, 0.717) is 18.4 Å². The highest BCUT2D eigenvalue weighted by atomic mass is 16.5. The summed E-state index contributed by atoms with van der Waals surface area (Å²) in [7, 11) is 3.68. The number of aliphatic hydroxyl groups is 1. The highest BCUT2D eigenvalue weighted by Crippen LogP contribution is 2.46. The van der Waals surface area contributed by atoms with Crippen molar-refractivity contribution >= 4 is 6.03 Å². The number of rotatable bonds is 6. The number of nitrogens with zero attached hydrogens (tertiary/aromatic N) is 3. The molecule has 1 N–H and O–H groups in total. The van der Waals surface area contributed by atoms with Gasteiger partial charge in [0.1, 0.15) is 12.4 Å². The number of aliphatic hydroxyl groups excluding tert-OH is 1. The number of hydrogen-bond donors (Lipinski definition) is 1. The second-order valence-corrected chi connectivity index (χ2v) is 8.96. The van der Waals surface area contributed by atoms with Gasteiger partial charge in [-0.2, -0.15) is 0 Å². The van der Waals surface area contributed by atoms with Crippen molar-refractivity contribution in [2.24, 2.45) is 11.8 Å². The fourth-order valence-electron chi connectivity index (χ4n) is 5.15. The number of aryl methyl sites for hydroxylation is 1. The molecule has 6 heteroatoms. The van der Waals surface area contributed by atoms with Crippen LogP contribution in [0, 0.1) is 18.8 Å². The molecule has 3 atom stereocenters. The van der Waals surface area contributed by atoms with E-state index in [9.17, 15) is 4.79 Å². The number of amides is 2. The summed E-state index contributed by atoms with van der Waals surface area (Å²) in [5.74, 6) is 1.71. The second kappa shape index (κ2) is 9.28. The molecule has 2 aliphatic rings. The summed E-state index contributed by atoms with van der Waals surface area (Å²) in [5.41, 5.74) is 3.78. The molecule has 2 heterocycles. The Morgan fingerprint density at radius 1 is 1.10 bits per heavy atom. The molecule has 6 nitrogen and oxygen atoms in total. The van der Waals surface area contributed by atoms with E-state index < -0.39 is 0 Å². The lowest BCUT2D eigenvalue weighted by atomic mass is 9.88. The number of carbonyl (C=O) groups excluding carboxylic acids is 1. The van der Waals surface area contributed by atoms with Gasteiger partial charge in [-0.05, 0) is 41.7 Å². The van der Waals surface area contributed by atoms with Crippen LogP contribution in [0.15, 0.2) is 48.5 Å². The Bertz CT molecular complexity index is 899. The fourth-order valence-corrected chi connectivity index (χ4v) is 5.15. The van der Waals surface area contributed by atoms with E-state index in [1.54, 1.807) is 4.90 Å². The van der Waals surface area contributed by atoms with Gasteiger partial charge in [-0.1, -0.05) is 36.4 Å². The van der Waals surface area contributed by atoms with E-state index in [2.05, 4.69) is 53.1 Å². The van der Waals surface area contributed by atoms with Crippen molar-refractivity contribution in [1.29, 1.82) is 0 Å². The van der Waals surface area contributed by atoms with Gasteiger partial charge in [0.05, 0.1) is 12.6 Å². The lowest BCUT2D eigenvalue weighted by Crippen LogP contribution is -2.41. The lowest BCUT2D eigenvalue weighted by molar-refractivity contribution is 0.151. The third-order valence-corrected chi connectivity index (χ3v) is 6.56. The summed E-state index contributed by atoms with van der Waals surface area (Å²) < 4.78 is 5.46. The number of fused-ring (bicyclic) bond motifs is 1. The van der Waals surface area contributed by atoms with Crippen LogP contribution in [0.1, 0.15) is 22.7 Å². The smallest absolute Gasteiger partial charge is 0.320 e. The summed E-state index contributed by atoms with van der Waals surface area (Å²) in [4.78, 5) is 19.3. The topological polar surface area (TPSA) is 56.3 Å². The molecule has 166 valence electrons. The van der Waals surface area contributed by atoms with Crippen molar-refractivity contribution in [2.75, 3.05) is 46.9 Å². The molecule has 31 heavy (non-hydrogen) atoms. The van der Waals surface area contributed by atoms with Crippen molar-refractivity contribution < 1.29 is 14.6 Å². The SMILES string of the molecule is Cc1ccccc1[C@H]1[C@@H]2CN(Cc3ccc(OCCO)cc3)C[C@@H]2CN1C(=O)N(C)C. The van der Waals surface area contributed by atoms with E-state index in [1.807, 2.05) is 26.2 Å². The minimum Gasteiger partial charge on any atom is -0.491 e. The third kappa shape index (κ3) is 4.55. The minimum atomic E-state index is 0.0215. The number of benzene rings is 2. The van der Waals surface area contributed by atoms with E-state index >= 15 is 0 Å². The quantitative estimate of drug-likeness (QED) is 0.776. The van der Waals surface area contributed by atoms with Gasteiger partial charge in [0, 0.05) is 46.2 Å². The predicted molar refractivity (Wildman–Crippen MR) is 121 cm³/mol. The highest BCUT2D eigenvalue weighted by Gasteiger charge is 2.49. The van der Waals surface area contributed by atoms with Gasteiger partial charge in [-0.25, -0.2) is 4.79 Å².